The SMILES string of the molecule is COc1cc(CN2CCCNc3ccccc32)sn1. The first-order valence-corrected chi connectivity index (χ1v) is 7.21. The number of hydrogen-bond acceptors (Lipinski definition) is 5. The van der Waals surface area contributed by atoms with Crippen LogP contribution in [-0.4, -0.2) is 24.6 Å². The molecule has 3 rings (SSSR count). The number of ether oxygens (including phenoxy) is 1. The van der Waals surface area contributed by atoms with E-state index in [2.05, 4.69) is 38.9 Å². The maximum absolute atomic E-state index is 5.15. The fourth-order valence-corrected chi connectivity index (χ4v) is 3.03. The van der Waals surface area contributed by atoms with Crippen LogP contribution < -0.4 is 15.0 Å². The number of nitrogens with one attached hydrogen (secondary N) is 1. The van der Waals surface area contributed by atoms with Gasteiger partial charge in [-0.15, -0.1) is 0 Å². The van der Waals surface area contributed by atoms with Crippen LogP contribution in [0.3, 0.4) is 0 Å². The van der Waals surface area contributed by atoms with Crippen molar-refractivity contribution in [2.75, 3.05) is 30.4 Å². The molecule has 1 aromatic carbocycles. The number of anilines is 2. The molecule has 0 radical (unpaired) electrons. The predicted octanol–water partition coefficient (Wildman–Crippen LogP) is 2.97. The van der Waals surface area contributed by atoms with Crippen molar-refractivity contribution in [3.05, 3.63) is 35.2 Å². The van der Waals surface area contributed by atoms with Crippen LogP contribution in [0.5, 0.6) is 5.88 Å². The summed E-state index contributed by atoms with van der Waals surface area (Å²) in [4.78, 5) is 3.64. The van der Waals surface area contributed by atoms with E-state index in [1.54, 1.807) is 7.11 Å². The summed E-state index contributed by atoms with van der Waals surface area (Å²) in [5.74, 6) is 0.709. The maximum atomic E-state index is 5.15. The monoisotopic (exact) mass is 275 g/mol. The molecular formula is C14H17N3OS. The first kappa shape index (κ1) is 12.3. The molecule has 1 N–H and O–H groups in total. The maximum Gasteiger partial charge on any atom is 0.225 e. The molecule has 1 aromatic heterocycles. The zero-order valence-electron chi connectivity index (χ0n) is 10.9. The van der Waals surface area contributed by atoms with E-state index in [-0.39, 0.29) is 0 Å². The van der Waals surface area contributed by atoms with Gasteiger partial charge in [-0.05, 0) is 30.1 Å². The summed E-state index contributed by atoms with van der Waals surface area (Å²) < 4.78 is 9.40. The molecule has 2 heterocycles. The molecule has 100 valence electrons. The molecule has 0 saturated heterocycles. The number of fused-ring (bicyclic) bond motifs is 1. The Morgan fingerprint density at radius 1 is 1.42 bits per heavy atom. The summed E-state index contributed by atoms with van der Waals surface area (Å²) in [7, 11) is 1.66. The van der Waals surface area contributed by atoms with Crippen LogP contribution in [0.15, 0.2) is 30.3 Å². The fraction of sp³-hybridized carbons (Fsp3) is 0.357. The first-order valence-electron chi connectivity index (χ1n) is 6.44. The molecule has 4 nitrogen and oxygen atoms in total. The second-order valence-corrected chi connectivity index (χ2v) is 5.44. The Hall–Kier alpha value is -1.75. The van der Waals surface area contributed by atoms with Crippen molar-refractivity contribution >= 4 is 22.9 Å². The molecule has 1 aliphatic heterocycles. The first-order chi connectivity index (χ1) is 9.36. The van der Waals surface area contributed by atoms with Crippen LogP contribution >= 0.6 is 11.5 Å². The largest absolute Gasteiger partial charge is 0.480 e. The molecule has 0 saturated carbocycles. The summed E-state index contributed by atoms with van der Waals surface area (Å²) in [5.41, 5.74) is 2.49. The van der Waals surface area contributed by atoms with Crippen LogP contribution in [0.4, 0.5) is 11.4 Å². The lowest BCUT2D eigenvalue weighted by atomic mass is 10.2. The van der Waals surface area contributed by atoms with Crippen LogP contribution in [0.1, 0.15) is 11.3 Å². The van der Waals surface area contributed by atoms with Gasteiger partial charge in [-0.3, -0.25) is 0 Å². The second-order valence-electron chi connectivity index (χ2n) is 4.55. The average Bonchev–Trinajstić information content (AvgIpc) is 2.80. The summed E-state index contributed by atoms with van der Waals surface area (Å²) in [6.07, 6.45) is 1.14. The van der Waals surface area contributed by atoms with Crippen LogP contribution in [0, 0.1) is 0 Å². The van der Waals surface area contributed by atoms with E-state index in [1.165, 1.54) is 27.8 Å². The Morgan fingerprint density at radius 2 is 2.32 bits per heavy atom. The lowest BCUT2D eigenvalue weighted by Crippen LogP contribution is -2.22. The van der Waals surface area contributed by atoms with E-state index in [1.807, 2.05) is 6.07 Å². The molecule has 0 bridgehead atoms. The van der Waals surface area contributed by atoms with E-state index >= 15 is 0 Å². The molecule has 0 fully saturated rings. The molecule has 1 aliphatic rings. The van der Waals surface area contributed by atoms with Gasteiger partial charge in [0.05, 0.1) is 25.0 Å². The van der Waals surface area contributed by atoms with E-state index < -0.39 is 0 Å². The van der Waals surface area contributed by atoms with Gasteiger partial charge in [-0.1, -0.05) is 12.1 Å². The molecule has 19 heavy (non-hydrogen) atoms. The number of aromatic nitrogens is 1. The number of methoxy groups -OCH3 is 1. The summed E-state index contributed by atoms with van der Waals surface area (Å²) >= 11 is 1.51. The van der Waals surface area contributed by atoms with Crippen molar-refractivity contribution in [2.45, 2.75) is 13.0 Å². The number of rotatable bonds is 3. The van der Waals surface area contributed by atoms with Gasteiger partial charge < -0.3 is 15.0 Å². The van der Waals surface area contributed by atoms with Gasteiger partial charge in [0.1, 0.15) is 0 Å². The lowest BCUT2D eigenvalue weighted by molar-refractivity contribution is 0.402. The molecule has 5 heteroatoms. The lowest BCUT2D eigenvalue weighted by Gasteiger charge is -2.23. The van der Waals surface area contributed by atoms with Gasteiger partial charge in [0.15, 0.2) is 0 Å². The van der Waals surface area contributed by atoms with Crippen molar-refractivity contribution in [3.63, 3.8) is 0 Å². The predicted molar refractivity (Wildman–Crippen MR) is 79.3 cm³/mol. The number of nitrogens with zero attached hydrogens (tertiary/aromatic N) is 2. The van der Waals surface area contributed by atoms with Gasteiger partial charge >= 0.3 is 0 Å². The Kier molecular flexibility index (Phi) is 3.55. The van der Waals surface area contributed by atoms with Crippen LogP contribution in [0.2, 0.25) is 0 Å². The fourth-order valence-electron chi connectivity index (χ4n) is 2.33. The third-order valence-corrected chi connectivity index (χ3v) is 4.01. The average molecular weight is 275 g/mol. The Labute approximate surface area is 117 Å². The van der Waals surface area contributed by atoms with Gasteiger partial charge in [0.2, 0.25) is 5.88 Å². The summed E-state index contributed by atoms with van der Waals surface area (Å²) in [6.45, 7) is 2.98. The van der Waals surface area contributed by atoms with Gasteiger partial charge in [-0.25, -0.2) is 0 Å². The van der Waals surface area contributed by atoms with Crippen molar-refractivity contribution in [1.82, 2.24) is 4.37 Å². The third-order valence-electron chi connectivity index (χ3n) is 3.26. The zero-order valence-corrected chi connectivity index (χ0v) is 11.7. The van der Waals surface area contributed by atoms with Crippen molar-refractivity contribution in [2.24, 2.45) is 0 Å². The number of benzene rings is 1. The molecule has 0 amide bonds. The Balaban J connectivity index is 1.83. The summed E-state index contributed by atoms with van der Waals surface area (Å²) in [6, 6.07) is 10.5. The highest BCUT2D eigenvalue weighted by molar-refractivity contribution is 7.05. The van der Waals surface area contributed by atoms with Gasteiger partial charge in [0.25, 0.3) is 0 Å². The quantitative estimate of drug-likeness (QED) is 0.934. The zero-order chi connectivity index (χ0) is 13.1. The molecule has 0 aliphatic carbocycles. The van der Waals surface area contributed by atoms with Crippen molar-refractivity contribution in [3.8, 4) is 5.88 Å². The molecule has 0 unspecified atom stereocenters. The highest BCUT2D eigenvalue weighted by Gasteiger charge is 2.15. The molecule has 0 atom stereocenters. The standard InChI is InChI=1S/C14H17N3OS/c1-18-14-9-11(19-16-14)10-17-8-4-7-15-12-5-2-3-6-13(12)17/h2-3,5-6,9,15H,4,7-8,10H2,1H3. The summed E-state index contributed by atoms with van der Waals surface area (Å²) in [5, 5.41) is 3.48. The van der Waals surface area contributed by atoms with Crippen molar-refractivity contribution < 1.29 is 4.74 Å². The highest BCUT2D eigenvalue weighted by atomic mass is 32.1. The normalized spacial score (nSPS) is 14.5. The topological polar surface area (TPSA) is 37.4 Å². The highest BCUT2D eigenvalue weighted by Crippen LogP contribution is 2.30. The Bertz CT molecular complexity index is 555. The van der Waals surface area contributed by atoms with E-state index in [9.17, 15) is 0 Å². The molecular weight excluding hydrogens is 258 g/mol. The van der Waals surface area contributed by atoms with Gasteiger partial charge in [-0.2, -0.15) is 4.37 Å². The molecule has 2 aromatic rings. The third kappa shape index (κ3) is 2.66. The van der Waals surface area contributed by atoms with E-state index in [4.69, 9.17) is 4.74 Å². The van der Waals surface area contributed by atoms with Gasteiger partial charge in [0, 0.05) is 24.0 Å². The number of para-hydroxylation sites is 2. The van der Waals surface area contributed by atoms with Crippen molar-refractivity contribution in [1.29, 1.82) is 0 Å². The van der Waals surface area contributed by atoms with E-state index in [0.29, 0.717) is 5.88 Å². The minimum atomic E-state index is 0.709. The minimum absolute atomic E-state index is 0.709. The minimum Gasteiger partial charge on any atom is -0.480 e. The van der Waals surface area contributed by atoms with E-state index in [0.717, 1.165) is 26.1 Å². The second kappa shape index (κ2) is 5.48. The van der Waals surface area contributed by atoms with Crippen LogP contribution in [0.25, 0.3) is 0 Å². The smallest absolute Gasteiger partial charge is 0.225 e. The molecule has 0 spiro atoms. The van der Waals surface area contributed by atoms with Crippen LogP contribution in [-0.2, 0) is 6.54 Å². The number of hydrogen-bond donors (Lipinski definition) is 1. The Morgan fingerprint density at radius 3 is 3.16 bits per heavy atom.